The van der Waals surface area contributed by atoms with Gasteiger partial charge in [0.25, 0.3) is 0 Å². The van der Waals surface area contributed by atoms with Crippen molar-refractivity contribution < 1.29 is 23.4 Å². The van der Waals surface area contributed by atoms with E-state index >= 15 is 0 Å². The van der Waals surface area contributed by atoms with Crippen molar-refractivity contribution in [2.75, 3.05) is 44.3 Å². The fraction of sp³-hybridized carbons (Fsp3) is 0.667. The standard InChI is InChI=1S/C21H32F2N4O3/c1-2-24-20(25-15-21(28)9-12-29-13-10-21)26-16-4-3-11-27(14-16)17-5-7-18(8-6-17)30-19(22)23/h5-8,16,19,28H,2-4,9-15H2,1H3,(H2,24,25,26). The summed E-state index contributed by atoms with van der Waals surface area (Å²) in [5.74, 6) is 0.859. The second-order valence-corrected chi connectivity index (χ2v) is 7.83. The Hall–Kier alpha value is -2.13. The lowest BCUT2D eigenvalue weighted by atomic mass is 9.95. The molecule has 0 bridgehead atoms. The predicted molar refractivity (Wildman–Crippen MR) is 112 cm³/mol. The second kappa shape index (κ2) is 10.8. The van der Waals surface area contributed by atoms with Crippen LogP contribution in [0, 0.1) is 0 Å². The molecular weight excluding hydrogens is 394 g/mol. The summed E-state index contributed by atoms with van der Waals surface area (Å²) in [6.07, 6.45) is 3.20. The lowest BCUT2D eigenvalue weighted by Crippen LogP contribution is -2.52. The third-order valence-corrected chi connectivity index (χ3v) is 5.49. The van der Waals surface area contributed by atoms with Crippen LogP contribution in [-0.4, -0.2) is 68.7 Å². The molecule has 2 aliphatic rings. The van der Waals surface area contributed by atoms with E-state index < -0.39 is 12.2 Å². The third kappa shape index (κ3) is 6.70. The van der Waals surface area contributed by atoms with Crippen LogP contribution in [0.3, 0.4) is 0 Å². The van der Waals surface area contributed by atoms with Crippen LogP contribution in [0.15, 0.2) is 29.3 Å². The molecule has 2 heterocycles. The van der Waals surface area contributed by atoms with Gasteiger partial charge in [0.15, 0.2) is 5.96 Å². The molecule has 1 unspecified atom stereocenters. The number of hydrogen-bond acceptors (Lipinski definition) is 5. The minimum absolute atomic E-state index is 0.160. The number of hydrogen-bond donors (Lipinski definition) is 3. The van der Waals surface area contributed by atoms with Crippen LogP contribution in [0.5, 0.6) is 5.75 Å². The van der Waals surface area contributed by atoms with Crippen molar-refractivity contribution in [2.45, 2.75) is 50.9 Å². The van der Waals surface area contributed by atoms with E-state index in [1.807, 2.05) is 6.92 Å². The molecule has 0 spiro atoms. The minimum Gasteiger partial charge on any atom is -0.435 e. The number of alkyl halides is 2. The number of ether oxygens (including phenoxy) is 2. The molecule has 3 N–H and O–H groups in total. The fourth-order valence-corrected chi connectivity index (χ4v) is 3.82. The highest BCUT2D eigenvalue weighted by molar-refractivity contribution is 5.80. The normalized spacial score (nSPS) is 22.1. The summed E-state index contributed by atoms with van der Waals surface area (Å²) in [5.41, 5.74) is 0.169. The van der Waals surface area contributed by atoms with Gasteiger partial charge in [-0.2, -0.15) is 8.78 Å². The van der Waals surface area contributed by atoms with Crippen molar-refractivity contribution in [1.82, 2.24) is 10.6 Å². The summed E-state index contributed by atoms with van der Waals surface area (Å²) >= 11 is 0. The number of guanidine groups is 1. The van der Waals surface area contributed by atoms with Crippen LogP contribution in [0.4, 0.5) is 14.5 Å². The Balaban J connectivity index is 1.58. The number of anilines is 1. The summed E-state index contributed by atoms with van der Waals surface area (Å²) in [4.78, 5) is 6.85. The number of halogens is 2. The minimum atomic E-state index is -2.82. The van der Waals surface area contributed by atoms with E-state index in [1.165, 1.54) is 0 Å². The lowest BCUT2D eigenvalue weighted by molar-refractivity contribution is -0.0566. The molecule has 0 radical (unpaired) electrons. The number of piperidine rings is 1. The molecule has 0 saturated carbocycles. The molecule has 30 heavy (non-hydrogen) atoms. The highest BCUT2D eigenvalue weighted by atomic mass is 19.3. The molecule has 3 rings (SSSR count). The molecule has 7 nitrogen and oxygen atoms in total. The topological polar surface area (TPSA) is 78.4 Å². The number of aliphatic hydroxyl groups is 1. The molecule has 0 amide bonds. The van der Waals surface area contributed by atoms with E-state index in [4.69, 9.17) is 4.74 Å². The highest BCUT2D eigenvalue weighted by Gasteiger charge is 2.30. The molecule has 168 valence electrons. The van der Waals surface area contributed by atoms with Gasteiger partial charge in [-0.1, -0.05) is 0 Å². The van der Waals surface area contributed by atoms with Crippen molar-refractivity contribution in [2.24, 2.45) is 4.99 Å². The number of nitrogens with one attached hydrogen (secondary N) is 2. The number of nitrogens with zero attached hydrogens (tertiary/aromatic N) is 2. The Morgan fingerprint density at radius 3 is 2.73 bits per heavy atom. The molecule has 1 aromatic carbocycles. The quantitative estimate of drug-likeness (QED) is 0.459. The molecule has 2 saturated heterocycles. The summed E-state index contributed by atoms with van der Waals surface area (Å²) < 4.78 is 34.4. The SMILES string of the molecule is CCNC(=NCC1(O)CCOCC1)NC1CCCN(c2ccc(OC(F)F)cc2)C1. The van der Waals surface area contributed by atoms with Crippen LogP contribution in [-0.2, 0) is 4.74 Å². The van der Waals surface area contributed by atoms with Crippen LogP contribution in [0.2, 0.25) is 0 Å². The van der Waals surface area contributed by atoms with E-state index in [0.717, 1.165) is 38.2 Å². The summed E-state index contributed by atoms with van der Waals surface area (Å²) in [7, 11) is 0. The largest absolute Gasteiger partial charge is 0.435 e. The first kappa shape index (κ1) is 22.6. The van der Waals surface area contributed by atoms with E-state index in [-0.39, 0.29) is 11.8 Å². The van der Waals surface area contributed by atoms with Crippen molar-refractivity contribution in [3.8, 4) is 5.75 Å². The maximum absolute atomic E-state index is 12.3. The Labute approximate surface area is 176 Å². The molecule has 9 heteroatoms. The predicted octanol–water partition coefficient (Wildman–Crippen LogP) is 2.35. The average Bonchev–Trinajstić information content (AvgIpc) is 2.73. The summed E-state index contributed by atoms with van der Waals surface area (Å²) in [5, 5.41) is 17.4. The summed E-state index contributed by atoms with van der Waals surface area (Å²) in [6, 6.07) is 6.94. The third-order valence-electron chi connectivity index (χ3n) is 5.49. The maximum atomic E-state index is 12.3. The van der Waals surface area contributed by atoms with Gasteiger partial charge in [-0.15, -0.1) is 0 Å². The number of benzene rings is 1. The zero-order valence-corrected chi connectivity index (χ0v) is 17.4. The summed E-state index contributed by atoms with van der Waals surface area (Å²) in [6.45, 7) is 3.07. The smallest absolute Gasteiger partial charge is 0.387 e. The molecule has 2 aliphatic heterocycles. The van der Waals surface area contributed by atoms with Gasteiger partial charge in [-0.05, 0) is 44.0 Å². The van der Waals surface area contributed by atoms with Crippen LogP contribution in [0.1, 0.15) is 32.6 Å². The Morgan fingerprint density at radius 1 is 1.33 bits per heavy atom. The number of aliphatic imine (C=N–C) groups is 1. The number of rotatable bonds is 7. The van der Waals surface area contributed by atoms with Crippen molar-refractivity contribution in [1.29, 1.82) is 0 Å². The Bertz CT molecular complexity index is 681. The molecule has 2 fully saturated rings. The second-order valence-electron chi connectivity index (χ2n) is 7.83. The highest BCUT2D eigenvalue weighted by Crippen LogP contribution is 2.24. The van der Waals surface area contributed by atoms with Gasteiger partial charge in [0, 0.05) is 57.4 Å². The van der Waals surface area contributed by atoms with E-state index in [1.54, 1.807) is 24.3 Å². The lowest BCUT2D eigenvalue weighted by Gasteiger charge is -2.36. The Kier molecular flexibility index (Phi) is 8.09. The molecule has 1 atom stereocenters. The monoisotopic (exact) mass is 426 g/mol. The maximum Gasteiger partial charge on any atom is 0.387 e. The van der Waals surface area contributed by atoms with Crippen LogP contribution < -0.4 is 20.3 Å². The first-order valence-corrected chi connectivity index (χ1v) is 10.6. The molecule has 0 aliphatic carbocycles. The van der Waals surface area contributed by atoms with E-state index in [2.05, 4.69) is 25.3 Å². The van der Waals surface area contributed by atoms with Gasteiger partial charge in [0.05, 0.1) is 12.1 Å². The van der Waals surface area contributed by atoms with Gasteiger partial charge < -0.3 is 30.1 Å². The van der Waals surface area contributed by atoms with Crippen LogP contribution in [0.25, 0.3) is 0 Å². The van der Waals surface area contributed by atoms with Gasteiger partial charge in [0.1, 0.15) is 5.75 Å². The van der Waals surface area contributed by atoms with E-state index in [0.29, 0.717) is 38.6 Å². The van der Waals surface area contributed by atoms with Crippen LogP contribution >= 0.6 is 0 Å². The molecule has 0 aromatic heterocycles. The Morgan fingerprint density at radius 2 is 2.07 bits per heavy atom. The first-order valence-electron chi connectivity index (χ1n) is 10.6. The fourth-order valence-electron chi connectivity index (χ4n) is 3.82. The van der Waals surface area contributed by atoms with Crippen molar-refractivity contribution >= 4 is 11.6 Å². The zero-order valence-electron chi connectivity index (χ0n) is 17.4. The zero-order chi connectivity index (χ0) is 21.4. The van der Waals surface area contributed by atoms with Gasteiger partial charge in [0.2, 0.25) is 0 Å². The van der Waals surface area contributed by atoms with E-state index in [9.17, 15) is 13.9 Å². The van der Waals surface area contributed by atoms with Crippen molar-refractivity contribution in [3.05, 3.63) is 24.3 Å². The van der Waals surface area contributed by atoms with Crippen molar-refractivity contribution in [3.63, 3.8) is 0 Å². The molecular formula is C21H32F2N4O3. The first-order chi connectivity index (χ1) is 14.5. The van der Waals surface area contributed by atoms with Gasteiger partial charge in [-0.25, -0.2) is 0 Å². The van der Waals surface area contributed by atoms with Gasteiger partial charge >= 0.3 is 6.61 Å². The van der Waals surface area contributed by atoms with Gasteiger partial charge in [-0.3, -0.25) is 4.99 Å². The molecule has 1 aromatic rings. The average molecular weight is 427 g/mol.